The zero-order valence-corrected chi connectivity index (χ0v) is 10.6. The van der Waals surface area contributed by atoms with E-state index in [2.05, 4.69) is 0 Å². The maximum atomic E-state index is 10.6. The highest BCUT2D eigenvalue weighted by Crippen LogP contribution is 2.28. The van der Waals surface area contributed by atoms with Gasteiger partial charge in [0.05, 0.1) is 12.2 Å². The number of aliphatic hydroxyl groups is 2. The molecule has 4 heteroatoms. The van der Waals surface area contributed by atoms with Gasteiger partial charge >= 0.3 is 5.97 Å². The minimum Gasteiger partial charge on any atom is -0.461 e. The second-order valence-corrected chi connectivity index (χ2v) is 4.86. The Morgan fingerprint density at radius 1 is 1.35 bits per heavy atom. The van der Waals surface area contributed by atoms with Crippen LogP contribution in [0.15, 0.2) is 11.6 Å². The Labute approximate surface area is 102 Å². The molecule has 0 bridgehead atoms. The summed E-state index contributed by atoms with van der Waals surface area (Å²) in [6.45, 7) is 3.59. The number of esters is 1. The predicted molar refractivity (Wildman–Crippen MR) is 64.4 cm³/mol. The highest BCUT2D eigenvalue weighted by atomic mass is 16.5. The van der Waals surface area contributed by atoms with E-state index in [1.807, 2.05) is 13.0 Å². The lowest BCUT2D eigenvalue weighted by atomic mass is 9.82. The molecule has 4 nitrogen and oxygen atoms in total. The molecule has 0 saturated heterocycles. The minimum absolute atomic E-state index is 0.117. The molecule has 1 aliphatic rings. The standard InChI is InChI=1S/C13H22O4/c1-9(8-17-10(2)14)3-4-11-7-12(15)5-6-13(11)16/h3,11-13,15-16H,4-8H2,1-2H3/t11-,12-,13+/m1/s1. The average Bonchev–Trinajstić information content (AvgIpc) is 2.27. The lowest BCUT2D eigenvalue weighted by Crippen LogP contribution is -2.31. The Morgan fingerprint density at radius 3 is 2.71 bits per heavy atom. The van der Waals surface area contributed by atoms with E-state index in [-0.39, 0.29) is 24.1 Å². The van der Waals surface area contributed by atoms with Crippen molar-refractivity contribution >= 4 is 5.97 Å². The third-order valence-corrected chi connectivity index (χ3v) is 3.19. The Balaban J connectivity index is 2.36. The van der Waals surface area contributed by atoms with Crippen molar-refractivity contribution < 1.29 is 19.7 Å². The predicted octanol–water partition coefficient (Wildman–Crippen LogP) is 1.41. The molecule has 0 unspecified atom stereocenters. The van der Waals surface area contributed by atoms with Gasteiger partial charge in [-0.2, -0.15) is 0 Å². The van der Waals surface area contributed by atoms with Gasteiger partial charge in [0.2, 0.25) is 0 Å². The zero-order valence-electron chi connectivity index (χ0n) is 10.6. The van der Waals surface area contributed by atoms with Crippen molar-refractivity contribution in [1.29, 1.82) is 0 Å². The second-order valence-electron chi connectivity index (χ2n) is 4.86. The van der Waals surface area contributed by atoms with Crippen LogP contribution in [0.4, 0.5) is 0 Å². The van der Waals surface area contributed by atoms with E-state index < -0.39 is 0 Å². The maximum absolute atomic E-state index is 10.6. The molecule has 1 aliphatic carbocycles. The van der Waals surface area contributed by atoms with Gasteiger partial charge in [0.1, 0.15) is 6.61 Å². The van der Waals surface area contributed by atoms with Gasteiger partial charge in [0.25, 0.3) is 0 Å². The number of hydrogen-bond donors (Lipinski definition) is 2. The molecule has 0 radical (unpaired) electrons. The SMILES string of the molecule is CC(=O)OCC(C)=CC[C@@H]1C[C@H](O)CC[C@@H]1O. The first kappa shape index (κ1) is 14.2. The molecule has 0 heterocycles. The van der Waals surface area contributed by atoms with Crippen LogP contribution in [-0.4, -0.2) is 35.0 Å². The summed E-state index contributed by atoms with van der Waals surface area (Å²) in [7, 11) is 0. The monoisotopic (exact) mass is 242 g/mol. The largest absolute Gasteiger partial charge is 0.461 e. The van der Waals surface area contributed by atoms with E-state index in [0.29, 0.717) is 25.9 Å². The fourth-order valence-electron chi connectivity index (χ4n) is 2.10. The Kier molecular flexibility index (Phi) is 5.65. The van der Waals surface area contributed by atoms with Crippen LogP contribution >= 0.6 is 0 Å². The number of hydrogen-bond acceptors (Lipinski definition) is 4. The van der Waals surface area contributed by atoms with E-state index in [1.165, 1.54) is 6.92 Å². The topological polar surface area (TPSA) is 66.8 Å². The highest BCUT2D eigenvalue weighted by Gasteiger charge is 2.27. The zero-order chi connectivity index (χ0) is 12.8. The third kappa shape index (κ3) is 5.33. The number of carbonyl (C=O) groups is 1. The van der Waals surface area contributed by atoms with Crippen molar-refractivity contribution in [1.82, 2.24) is 0 Å². The number of aliphatic hydroxyl groups excluding tert-OH is 2. The summed E-state index contributed by atoms with van der Waals surface area (Å²) in [5.41, 5.74) is 0.979. The summed E-state index contributed by atoms with van der Waals surface area (Å²) in [5, 5.41) is 19.3. The second kappa shape index (κ2) is 6.77. The van der Waals surface area contributed by atoms with E-state index in [0.717, 1.165) is 12.0 Å². The lowest BCUT2D eigenvalue weighted by Gasteiger charge is -2.30. The summed E-state index contributed by atoms with van der Waals surface area (Å²) in [5.74, 6) is -0.170. The third-order valence-electron chi connectivity index (χ3n) is 3.19. The summed E-state index contributed by atoms with van der Waals surface area (Å²) in [4.78, 5) is 10.6. The van der Waals surface area contributed by atoms with Crippen LogP contribution in [0.2, 0.25) is 0 Å². The van der Waals surface area contributed by atoms with Gasteiger partial charge in [0.15, 0.2) is 0 Å². The molecule has 1 fully saturated rings. The first-order valence-corrected chi connectivity index (χ1v) is 6.14. The quantitative estimate of drug-likeness (QED) is 0.578. The first-order valence-electron chi connectivity index (χ1n) is 6.14. The molecule has 0 aromatic rings. The fraction of sp³-hybridized carbons (Fsp3) is 0.769. The molecule has 0 aromatic carbocycles. The molecular weight excluding hydrogens is 220 g/mol. The Morgan fingerprint density at radius 2 is 2.06 bits per heavy atom. The summed E-state index contributed by atoms with van der Waals surface area (Å²) in [6, 6.07) is 0. The van der Waals surface area contributed by atoms with Gasteiger partial charge in [-0.1, -0.05) is 6.08 Å². The number of allylic oxidation sites excluding steroid dienone is 1. The van der Waals surface area contributed by atoms with Crippen molar-refractivity contribution in [3.63, 3.8) is 0 Å². The van der Waals surface area contributed by atoms with Gasteiger partial charge in [-0.05, 0) is 44.1 Å². The van der Waals surface area contributed by atoms with Gasteiger partial charge in [0, 0.05) is 6.92 Å². The molecule has 0 amide bonds. The van der Waals surface area contributed by atoms with Crippen molar-refractivity contribution in [2.24, 2.45) is 5.92 Å². The van der Waals surface area contributed by atoms with Crippen molar-refractivity contribution in [2.75, 3.05) is 6.61 Å². The average molecular weight is 242 g/mol. The molecule has 98 valence electrons. The van der Waals surface area contributed by atoms with Crippen LogP contribution < -0.4 is 0 Å². The molecule has 1 rings (SSSR count). The highest BCUT2D eigenvalue weighted by molar-refractivity contribution is 5.66. The minimum atomic E-state index is -0.323. The maximum Gasteiger partial charge on any atom is 0.302 e. The van der Waals surface area contributed by atoms with E-state index in [1.54, 1.807) is 0 Å². The van der Waals surface area contributed by atoms with Crippen LogP contribution in [-0.2, 0) is 9.53 Å². The summed E-state index contributed by atoms with van der Waals surface area (Å²) in [6.07, 6.45) is 4.11. The van der Waals surface area contributed by atoms with Crippen LogP contribution in [0.3, 0.4) is 0 Å². The Hall–Kier alpha value is -0.870. The molecule has 0 aromatic heterocycles. The van der Waals surface area contributed by atoms with Crippen LogP contribution in [0, 0.1) is 5.92 Å². The molecule has 0 aliphatic heterocycles. The van der Waals surface area contributed by atoms with Gasteiger partial charge in [-0.15, -0.1) is 0 Å². The smallest absolute Gasteiger partial charge is 0.302 e. The summed E-state index contributed by atoms with van der Waals surface area (Å²) < 4.78 is 4.87. The summed E-state index contributed by atoms with van der Waals surface area (Å²) >= 11 is 0. The lowest BCUT2D eigenvalue weighted by molar-refractivity contribution is -0.139. The van der Waals surface area contributed by atoms with Crippen molar-refractivity contribution in [3.05, 3.63) is 11.6 Å². The molecule has 3 atom stereocenters. The number of rotatable bonds is 4. The first-order chi connectivity index (χ1) is 7.99. The van der Waals surface area contributed by atoms with Gasteiger partial charge < -0.3 is 14.9 Å². The van der Waals surface area contributed by atoms with Crippen molar-refractivity contribution in [3.8, 4) is 0 Å². The Bertz CT molecular complexity index is 285. The van der Waals surface area contributed by atoms with Crippen LogP contribution in [0.25, 0.3) is 0 Å². The molecular formula is C13H22O4. The van der Waals surface area contributed by atoms with Crippen molar-refractivity contribution in [2.45, 2.75) is 51.7 Å². The van der Waals surface area contributed by atoms with Crippen LogP contribution in [0.1, 0.15) is 39.5 Å². The van der Waals surface area contributed by atoms with E-state index >= 15 is 0 Å². The molecule has 17 heavy (non-hydrogen) atoms. The fourth-order valence-corrected chi connectivity index (χ4v) is 2.10. The number of carbonyl (C=O) groups excluding carboxylic acids is 1. The van der Waals surface area contributed by atoms with Gasteiger partial charge in [-0.3, -0.25) is 4.79 Å². The van der Waals surface area contributed by atoms with E-state index in [4.69, 9.17) is 4.74 Å². The van der Waals surface area contributed by atoms with Crippen LogP contribution in [0.5, 0.6) is 0 Å². The normalized spacial score (nSPS) is 30.1. The van der Waals surface area contributed by atoms with Gasteiger partial charge in [-0.25, -0.2) is 0 Å². The molecule has 1 saturated carbocycles. The number of ether oxygens (including phenoxy) is 1. The molecule has 2 N–H and O–H groups in total. The molecule has 0 spiro atoms. The van der Waals surface area contributed by atoms with E-state index in [9.17, 15) is 15.0 Å².